The zero-order chi connectivity index (χ0) is 21.1. The monoisotopic (exact) mass is 450 g/mol. The van der Waals surface area contributed by atoms with Gasteiger partial charge in [-0.2, -0.15) is 4.31 Å². The molecule has 4 rings (SSSR count). The lowest BCUT2D eigenvalue weighted by atomic mass is 10.1. The second-order valence-corrected chi connectivity index (χ2v) is 9.56. The van der Waals surface area contributed by atoms with Crippen molar-refractivity contribution in [3.8, 4) is 11.5 Å². The Balaban J connectivity index is 1.62. The Kier molecular flexibility index (Phi) is 6.17. The van der Waals surface area contributed by atoms with E-state index >= 15 is 0 Å². The average molecular weight is 451 g/mol. The Morgan fingerprint density at radius 2 is 1.73 bits per heavy atom. The molecule has 2 aliphatic rings. The molecule has 0 aliphatic carbocycles. The number of carbonyl (C=O) groups excluding carboxylic acids is 1. The standard InChI is InChI=1S/C21H23ClN2O5S/c22-16-13-15(14-18-20(16)29-12-6-11-28-18)21(25)23-17-7-2-3-8-19(17)30(26,27)24-9-4-1-5-10-24/h2-3,7-8,13-14H,1,4-6,9-12H2,(H,23,25). The summed E-state index contributed by atoms with van der Waals surface area (Å²) >= 11 is 6.28. The van der Waals surface area contributed by atoms with Gasteiger partial charge in [-0.1, -0.05) is 30.2 Å². The smallest absolute Gasteiger partial charge is 0.255 e. The number of fused-ring (bicyclic) bond motifs is 1. The summed E-state index contributed by atoms with van der Waals surface area (Å²) in [7, 11) is -3.70. The Bertz CT molecular complexity index is 1050. The highest BCUT2D eigenvalue weighted by atomic mass is 35.5. The number of para-hydroxylation sites is 1. The van der Waals surface area contributed by atoms with E-state index in [2.05, 4.69) is 5.32 Å². The molecule has 2 aromatic rings. The molecule has 0 saturated carbocycles. The van der Waals surface area contributed by atoms with E-state index in [0.717, 1.165) is 19.3 Å². The number of nitrogens with zero attached hydrogens (tertiary/aromatic N) is 1. The highest BCUT2D eigenvalue weighted by Gasteiger charge is 2.29. The molecule has 0 bridgehead atoms. The van der Waals surface area contributed by atoms with Crippen molar-refractivity contribution in [2.75, 3.05) is 31.6 Å². The second kappa shape index (κ2) is 8.83. The fourth-order valence-electron chi connectivity index (χ4n) is 3.60. The first-order valence-corrected chi connectivity index (χ1v) is 11.8. The van der Waals surface area contributed by atoms with Crippen LogP contribution in [0.3, 0.4) is 0 Å². The quantitative estimate of drug-likeness (QED) is 0.762. The van der Waals surface area contributed by atoms with Gasteiger partial charge in [-0.25, -0.2) is 8.42 Å². The van der Waals surface area contributed by atoms with E-state index < -0.39 is 15.9 Å². The number of carbonyl (C=O) groups is 1. The van der Waals surface area contributed by atoms with Crippen LogP contribution in [0.4, 0.5) is 5.69 Å². The Labute approximate surface area is 181 Å². The molecule has 2 aromatic carbocycles. The lowest BCUT2D eigenvalue weighted by Gasteiger charge is -2.26. The molecule has 2 aliphatic heterocycles. The highest BCUT2D eigenvalue weighted by Crippen LogP contribution is 2.38. The third kappa shape index (κ3) is 4.26. The first-order valence-electron chi connectivity index (χ1n) is 9.96. The van der Waals surface area contributed by atoms with E-state index in [-0.39, 0.29) is 21.2 Å². The van der Waals surface area contributed by atoms with Crippen LogP contribution in [0.15, 0.2) is 41.3 Å². The summed E-state index contributed by atoms with van der Waals surface area (Å²) in [4.78, 5) is 13.0. The number of rotatable bonds is 4. The van der Waals surface area contributed by atoms with Crippen LogP contribution in [0.25, 0.3) is 0 Å². The van der Waals surface area contributed by atoms with Crippen molar-refractivity contribution >= 4 is 33.2 Å². The summed E-state index contributed by atoms with van der Waals surface area (Å²) in [6.45, 7) is 1.93. The zero-order valence-electron chi connectivity index (χ0n) is 16.4. The Morgan fingerprint density at radius 1 is 1.00 bits per heavy atom. The number of sulfonamides is 1. The number of hydrogen-bond acceptors (Lipinski definition) is 5. The van der Waals surface area contributed by atoms with Crippen LogP contribution in [0.5, 0.6) is 11.5 Å². The SMILES string of the molecule is O=C(Nc1ccccc1S(=O)(=O)N1CCCCC1)c1cc(Cl)c2c(c1)OCCCO2. The van der Waals surface area contributed by atoms with Crippen molar-refractivity contribution in [2.24, 2.45) is 0 Å². The molecule has 0 atom stereocenters. The first kappa shape index (κ1) is 21.0. The van der Waals surface area contributed by atoms with Gasteiger partial charge in [0.1, 0.15) is 4.90 Å². The summed E-state index contributed by atoms with van der Waals surface area (Å²) in [6, 6.07) is 9.48. The van der Waals surface area contributed by atoms with Crippen molar-refractivity contribution < 1.29 is 22.7 Å². The normalized spacial score (nSPS) is 17.2. The average Bonchev–Trinajstić information content (AvgIpc) is 3.00. The summed E-state index contributed by atoms with van der Waals surface area (Å²) in [5.41, 5.74) is 0.491. The van der Waals surface area contributed by atoms with Gasteiger partial charge in [0.05, 0.1) is 23.9 Å². The number of nitrogens with one attached hydrogen (secondary N) is 1. The molecule has 2 heterocycles. The number of amides is 1. The minimum Gasteiger partial charge on any atom is -0.489 e. The molecule has 1 saturated heterocycles. The largest absolute Gasteiger partial charge is 0.489 e. The van der Waals surface area contributed by atoms with E-state index in [1.54, 1.807) is 24.3 Å². The second-order valence-electron chi connectivity index (χ2n) is 7.25. The van der Waals surface area contributed by atoms with Crippen molar-refractivity contribution in [1.82, 2.24) is 4.31 Å². The van der Waals surface area contributed by atoms with Crippen LogP contribution in [-0.4, -0.2) is 44.9 Å². The van der Waals surface area contributed by atoms with E-state index in [4.69, 9.17) is 21.1 Å². The third-order valence-corrected chi connectivity index (χ3v) is 7.37. The minimum atomic E-state index is -3.70. The molecule has 0 aromatic heterocycles. The van der Waals surface area contributed by atoms with Gasteiger partial charge in [-0.3, -0.25) is 4.79 Å². The summed E-state index contributed by atoms with van der Waals surface area (Å²) < 4.78 is 39.0. The number of hydrogen-bond donors (Lipinski definition) is 1. The molecule has 0 unspecified atom stereocenters. The predicted molar refractivity (Wildman–Crippen MR) is 114 cm³/mol. The fraction of sp³-hybridized carbons (Fsp3) is 0.381. The molecule has 0 spiro atoms. The van der Waals surface area contributed by atoms with E-state index in [9.17, 15) is 13.2 Å². The molecule has 0 radical (unpaired) electrons. The van der Waals surface area contributed by atoms with Crippen LogP contribution < -0.4 is 14.8 Å². The van der Waals surface area contributed by atoms with Gasteiger partial charge < -0.3 is 14.8 Å². The van der Waals surface area contributed by atoms with Crippen LogP contribution in [0, 0.1) is 0 Å². The molecule has 7 nitrogen and oxygen atoms in total. The molecule has 9 heteroatoms. The van der Waals surface area contributed by atoms with E-state index in [0.29, 0.717) is 44.2 Å². The molecule has 1 N–H and O–H groups in total. The molecular formula is C21H23ClN2O5S. The van der Waals surface area contributed by atoms with E-state index in [1.807, 2.05) is 0 Å². The van der Waals surface area contributed by atoms with Crippen LogP contribution >= 0.6 is 11.6 Å². The molecule has 1 amide bonds. The predicted octanol–water partition coefficient (Wildman–Crippen LogP) is 3.93. The van der Waals surface area contributed by atoms with Gasteiger partial charge in [0, 0.05) is 25.1 Å². The maximum absolute atomic E-state index is 13.1. The van der Waals surface area contributed by atoms with E-state index in [1.165, 1.54) is 16.4 Å². The molecule has 30 heavy (non-hydrogen) atoms. The number of ether oxygens (including phenoxy) is 2. The first-order chi connectivity index (χ1) is 14.5. The van der Waals surface area contributed by atoms with Crippen LogP contribution in [-0.2, 0) is 10.0 Å². The van der Waals surface area contributed by atoms with Gasteiger partial charge in [0.25, 0.3) is 5.91 Å². The zero-order valence-corrected chi connectivity index (χ0v) is 18.0. The van der Waals surface area contributed by atoms with Gasteiger partial charge in [0.2, 0.25) is 10.0 Å². The van der Waals surface area contributed by atoms with Crippen LogP contribution in [0.2, 0.25) is 5.02 Å². The summed E-state index contributed by atoms with van der Waals surface area (Å²) in [6.07, 6.45) is 3.41. The number of halogens is 1. The summed E-state index contributed by atoms with van der Waals surface area (Å²) in [5.74, 6) is 0.340. The lowest BCUT2D eigenvalue weighted by Crippen LogP contribution is -2.36. The minimum absolute atomic E-state index is 0.0840. The van der Waals surface area contributed by atoms with Gasteiger partial charge in [-0.15, -0.1) is 0 Å². The highest BCUT2D eigenvalue weighted by molar-refractivity contribution is 7.89. The van der Waals surface area contributed by atoms with Gasteiger partial charge in [0.15, 0.2) is 11.5 Å². The molecular weight excluding hydrogens is 428 g/mol. The van der Waals surface area contributed by atoms with Crippen molar-refractivity contribution in [3.63, 3.8) is 0 Å². The number of anilines is 1. The molecule has 1 fully saturated rings. The summed E-state index contributed by atoms with van der Waals surface area (Å²) in [5, 5.41) is 2.99. The van der Waals surface area contributed by atoms with Gasteiger partial charge >= 0.3 is 0 Å². The van der Waals surface area contributed by atoms with Crippen LogP contribution in [0.1, 0.15) is 36.0 Å². The topological polar surface area (TPSA) is 84.9 Å². The number of benzene rings is 2. The maximum atomic E-state index is 13.1. The van der Waals surface area contributed by atoms with Crippen molar-refractivity contribution in [1.29, 1.82) is 0 Å². The molecule has 160 valence electrons. The van der Waals surface area contributed by atoms with Gasteiger partial charge in [-0.05, 0) is 37.1 Å². The third-order valence-electron chi connectivity index (χ3n) is 5.13. The van der Waals surface area contributed by atoms with Crippen molar-refractivity contribution in [3.05, 3.63) is 47.0 Å². The Morgan fingerprint density at radius 3 is 2.53 bits per heavy atom. The van der Waals surface area contributed by atoms with Crippen molar-refractivity contribution in [2.45, 2.75) is 30.6 Å². The lowest BCUT2D eigenvalue weighted by molar-refractivity contribution is 0.102. The Hall–Kier alpha value is -2.29. The fourth-order valence-corrected chi connectivity index (χ4v) is 5.53. The maximum Gasteiger partial charge on any atom is 0.255 e. The number of piperidine rings is 1.